The molecular weight excluding hydrogens is 328 g/mol. The Bertz CT molecular complexity index is 827. The van der Waals surface area contributed by atoms with Crippen molar-refractivity contribution in [2.45, 2.75) is 11.7 Å². The van der Waals surface area contributed by atoms with E-state index in [1.165, 1.54) is 26.5 Å². The number of thioether (sulfide) groups is 1. The van der Waals surface area contributed by atoms with Gasteiger partial charge in [-0.25, -0.2) is 0 Å². The van der Waals surface area contributed by atoms with Gasteiger partial charge in [0.15, 0.2) is 17.1 Å². The van der Waals surface area contributed by atoms with Crippen LogP contribution in [0.25, 0.3) is 0 Å². The molecule has 118 valence electrons. The fourth-order valence-corrected chi connectivity index (χ4v) is 6.32. The molecule has 0 atom stereocenters. The van der Waals surface area contributed by atoms with Gasteiger partial charge in [-0.15, -0.1) is 0 Å². The Kier molecular flexibility index (Phi) is 4.26. The predicted molar refractivity (Wildman–Crippen MR) is 109 cm³/mol. The van der Waals surface area contributed by atoms with Crippen LogP contribution in [0.1, 0.15) is 29.2 Å². The van der Waals surface area contributed by atoms with Gasteiger partial charge in [0.1, 0.15) is 4.75 Å². The third-order valence-electron chi connectivity index (χ3n) is 4.41. The van der Waals surface area contributed by atoms with Crippen molar-refractivity contribution in [1.82, 2.24) is 0 Å². The van der Waals surface area contributed by atoms with Crippen LogP contribution in [-0.2, 0) is 16.1 Å². The van der Waals surface area contributed by atoms with Gasteiger partial charge < -0.3 is 0 Å². The van der Waals surface area contributed by atoms with Gasteiger partial charge in [-0.2, -0.15) is 0 Å². The maximum atomic E-state index is 2.30. The summed E-state index contributed by atoms with van der Waals surface area (Å²) in [6, 6.07) is 30.7. The summed E-state index contributed by atoms with van der Waals surface area (Å²) in [5.41, 5.74) is 5.49. The van der Waals surface area contributed by atoms with Gasteiger partial charge >= 0.3 is 0 Å². The average Bonchev–Trinajstić information content (AvgIpc) is 2.99. The first-order valence-electron chi connectivity index (χ1n) is 8.26. The number of hydrogen-bond acceptors (Lipinski definition) is 1. The van der Waals surface area contributed by atoms with Crippen molar-refractivity contribution in [2.75, 3.05) is 5.75 Å². The van der Waals surface area contributed by atoms with Crippen molar-refractivity contribution < 1.29 is 0 Å². The Labute approximate surface area is 151 Å². The fourth-order valence-electron chi connectivity index (χ4n) is 3.40. The molecule has 0 amide bonds. The minimum absolute atomic E-state index is 0.156. The molecule has 3 aromatic carbocycles. The minimum Gasteiger partial charge on any atom is -0.0622 e. The molecule has 3 aromatic rings. The molecule has 0 N–H and O–H groups in total. The molecule has 24 heavy (non-hydrogen) atoms. The maximum absolute atomic E-state index is 2.30. The normalized spacial score (nSPS) is 17.0. The van der Waals surface area contributed by atoms with E-state index in [0.717, 1.165) is 5.75 Å². The summed E-state index contributed by atoms with van der Waals surface area (Å²) in [5, 5.41) is 0. The molecule has 1 heterocycles. The van der Waals surface area contributed by atoms with E-state index in [9.17, 15) is 0 Å². The summed E-state index contributed by atoms with van der Waals surface area (Å²) in [4.78, 5) is 0. The summed E-state index contributed by atoms with van der Waals surface area (Å²) >= 11 is 3.95. The lowest BCUT2D eigenvalue weighted by atomic mass is 9.82. The molecule has 0 radical (unpaired) electrons. The van der Waals surface area contributed by atoms with Gasteiger partial charge in [-0.05, 0) is 41.4 Å². The number of fused-ring (bicyclic) bond motifs is 1. The van der Waals surface area contributed by atoms with Crippen LogP contribution in [0, 0.1) is 0 Å². The maximum Gasteiger partial charge on any atom is 0.266 e. The third kappa shape index (κ3) is 2.42. The molecule has 0 saturated heterocycles. The van der Waals surface area contributed by atoms with Gasteiger partial charge in [-0.1, -0.05) is 78.9 Å². The number of benzene rings is 3. The second kappa shape index (κ2) is 6.54. The van der Waals surface area contributed by atoms with E-state index in [2.05, 4.69) is 91.9 Å². The average molecular weight is 348 g/mol. The van der Waals surface area contributed by atoms with Gasteiger partial charge in [0, 0.05) is 0 Å². The van der Waals surface area contributed by atoms with E-state index in [4.69, 9.17) is 0 Å². The van der Waals surface area contributed by atoms with E-state index in [0.29, 0.717) is 0 Å². The Morgan fingerprint density at radius 2 is 1.29 bits per heavy atom. The third-order valence-corrected chi connectivity index (χ3v) is 7.19. The smallest absolute Gasteiger partial charge is 0.0622 e. The molecular formula is C22H19S2+. The standard InChI is InChI=1S/C22H19S2/c1-2-23-21-19-15-9-10-16-20(19)22(24-21,17-11-5-3-6-12-17)18-13-7-4-8-14-18/h3-16H,2H2,1H3/q+1. The first-order valence-corrected chi connectivity index (χ1v) is 10.1. The Morgan fingerprint density at radius 1 is 0.750 bits per heavy atom. The molecule has 0 unspecified atom stereocenters. The molecule has 0 fully saturated rings. The molecule has 2 heteroatoms. The van der Waals surface area contributed by atoms with Crippen LogP contribution in [0.3, 0.4) is 0 Å². The van der Waals surface area contributed by atoms with Crippen LogP contribution >= 0.6 is 11.8 Å². The van der Waals surface area contributed by atoms with Crippen LogP contribution in [0.15, 0.2) is 84.9 Å². The minimum atomic E-state index is -0.156. The summed E-state index contributed by atoms with van der Waals surface area (Å²) in [5.74, 6) is 1.09. The monoisotopic (exact) mass is 347 g/mol. The van der Waals surface area contributed by atoms with E-state index in [1.54, 1.807) is 0 Å². The van der Waals surface area contributed by atoms with Crippen molar-refractivity contribution >= 4 is 27.3 Å². The second-order valence-electron chi connectivity index (χ2n) is 5.78. The van der Waals surface area contributed by atoms with Gasteiger partial charge in [0.2, 0.25) is 0 Å². The molecule has 0 aromatic heterocycles. The summed E-state index contributed by atoms with van der Waals surface area (Å²) in [6.07, 6.45) is 0. The number of hydrogen-bond donors (Lipinski definition) is 0. The summed E-state index contributed by atoms with van der Waals surface area (Å²) in [6.45, 7) is 2.23. The highest BCUT2D eigenvalue weighted by Gasteiger charge is 2.48. The quantitative estimate of drug-likeness (QED) is 0.457. The van der Waals surface area contributed by atoms with Crippen molar-refractivity contribution in [3.63, 3.8) is 0 Å². The van der Waals surface area contributed by atoms with Crippen molar-refractivity contribution in [3.05, 3.63) is 107 Å². The lowest BCUT2D eigenvalue weighted by Crippen LogP contribution is -2.22. The Hall–Kier alpha value is -1.90. The highest BCUT2D eigenvalue weighted by atomic mass is 32.2. The zero-order valence-corrected chi connectivity index (χ0v) is 15.2. The zero-order chi connectivity index (χ0) is 16.4. The fraction of sp³-hybridized carbons (Fsp3) is 0.136. The first kappa shape index (κ1) is 15.6. The molecule has 0 aliphatic carbocycles. The molecule has 1 aliphatic heterocycles. The molecule has 0 spiro atoms. The van der Waals surface area contributed by atoms with Crippen LogP contribution in [0.4, 0.5) is 0 Å². The SMILES string of the molecule is CC[S+]=C1SC(c2ccccc2)(c2ccccc2)c2ccccc21. The van der Waals surface area contributed by atoms with Crippen molar-refractivity contribution in [3.8, 4) is 0 Å². The lowest BCUT2D eigenvalue weighted by Gasteiger charge is -2.29. The van der Waals surface area contributed by atoms with E-state index < -0.39 is 0 Å². The van der Waals surface area contributed by atoms with Gasteiger partial charge in [0.05, 0.1) is 5.56 Å². The van der Waals surface area contributed by atoms with Crippen LogP contribution in [0.2, 0.25) is 0 Å². The lowest BCUT2D eigenvalue weighted by molar-refractivity contribution is 0.907. The highest BCUT2D eigenvalue weighted by molar-refractivity contribution is 8.24. The number of rotatable bonds is 3. The zero-order valence-electron chi connectivity index (χ0n) is 13.6. The Morgan fingerprint density at radius 3 is 1.88 bits per heavy atom. The highest BCUT2D eigenvalue weighted by Crippen LogP contribution is 2.55. The summed E-state index contributed by atoms with van der Waals surface area (Å²) < 4.78 is 1.28. The van der Waals surface area contributed by atoms with E-state index >= 15 is 0 Å². The molecule has 0 saturated carbocycles. The largest absolute Gasteiger partial charge is 0.266 e. The molecule has 1 aliphatic rings. The molecule has 0 bridgehead atoms. The predicted octanol–water partition coefficient (Wildman–Crippen LogP) is 5.31. The van der Waals surface area contributed by atoms with Crippen molar-refractivity contribution in [2.24, 2.45) is 0 Å². The van der Waals surface area contributed by atoms with Crippen LogP contribution < -0.4 is 0 Å². The van der Waals surface area contributed by atoms with Gasteiger partial charge in [-0.3, -0.25) is 0 Å². The molecule has 4 rings (SSSR count). The van der Waals surface area contributed by atoms with Crippen LogP contribution in [0.5, 0.6) is 0 Å². The second-order valence-corrected chi connectivity index (χ2v) is 8.54. The Balaban J connectivity index is 2.05. The van der Waals surface area contributed by atoms with Crippen LogP contribution in [-0.4, -0.2) is 9.95 Å². The topological polar surface area (TPSA) is 0 Å². The van der Waals surface area contributed by atoms with Crippen molar-refractivity contribution in [1.29, 1.82) is 0 Å². The first-order chi connectivity index (χ1) is 11.9. The van der Waals surface area contributed by atoms with Gasteiger partial charge in [0.25, 0.3) is 4.20 Å². The van der Waals surface area contributed by atoms with E-state index in [1.807, 2.05) is 23.1 Å². The van der Waals surface area contributed by atoms with E-state index in [-0.39, 0.29) is 4.75 Å². The summed E-state index contributed by atoms with van der Waals surface area (Å²) in [7, 11) is 0. The molecule has 0 nitrogen and oxygen atoms in total.